The Labute approximate surface area is 171 Å². The number of carbonyl (C=O) groups is 2. The zero-order valence-corrected chi connectivity index (χ0v) is 17.1. The standard InChI is InChI=1S/C23H29NO5/c1-17-15-18(10-11-20(17)23(27)28)16-24(13-6-5-9-22(26)29-2)14-12-19-7-3-4-8-21(19)25/h3-4,7-8,10-11,15,25H,5-6,9,12-14,16H2,1-2H3,(H,27,28). The average molecular weight is 399 g/mol. The molecule has 0 aliphatic carbocycles. The average Bonchev–Trinajstić information content (AvgIpc) is 2.69. The van der Waals surface area contributed by atoms with Crippen molar-refractivity contribution in [2.75, 3.05) is 20.2 Å². The van der Waals surface area contributed by atoms with Crippen molar-refractivity contribution in [1.82, 2.24) is 4.90 Å². The third-order valence-corrected chi connectivity index (χ3v) is 4.95. The van der Waals surface area contributed by atoms with E-state index >= 15 is 0 Å². The van der Waals surface area contributed by atoms with Crippen molar-refractivity contribution in [3.63, 3.8) is 0 Å². The van der Waals surface area contributed by atoms with Gasteiger partial charge in [-0.3, -0.25) is 9.69 Å². The second kappa shape index (κ2) is 11.2. The Morgan fingerprint density at radius 1 is 1.07 bits per heavy atom. The molecule has 2 N–H and O–H groups in total. The van der Waals surface area contributed by atoms with E-state index in [1.807, 2.05) is 24.3 Å². The summed E-state index contributed by atoms with van der Waals surface area (Å²) in [6.45, 7) is 4.02. The number of unbranched alkanes of at least 4 members (excludes halogenated alkanes) is 1. The number of phenols is 1. The molecular weight excluding hydrogens is 370 g/mol. The van der Waals surface area contributed by atoms with Gasteiger partial charge in [0.1, 0.15) is 5.75 Å². The van der Waals surface area contributed by atoms with Crippen LogP contribution in [-0.2, 0) is 22.5 Å². The molecule has 0 saturated carbocycles. The summed E-state index contributed by atoms with van der Waals surface area (Å²) in [5, 5.41) is 19.2. The number of methoxy groups -OCH3 is 1. The number of hydrogen-bond acceptors (Lipinski definition) is 5. The van der Waals surface area contributed by atoms with Gasteiger partial charge in [0.2, 0.25) is 0 Å². The van der Waals surface area contributed by atoms with Crippen molar-refractivity contribution in [3.8, 4) is 5.75 Å². The molecule has 2 aromatic carbocycles. The summed E-state index contributed by atoms with van der Waals surface area (Å²) in [6.07, 6.45) is 2.70. The number of ether oxygens (including phenoxy) is 1. The van der Waals surface area contributed by atoms with E-state index in [1.165, 1.54) is 7.11 Å². The van der Waals surface area contributed by atoms with E-state index in [0.29, 0.717) is 30.7 Å². The molecule has 0 amide bonds. The van der Waals surface area contributed by atoms with Crippen LogP contribution in [0.1, 0.15) is 46.3 Å². The maximum atomic E-state index is 11.3. The Bertz CT molecular complexity index is 834. The largest absolute Gasteiger partial charge is 0.508 e. The number of carbonyl (C=O) groups excluding carboxylic acids is 1. The Morgan fingerprint density at radius 3 is 2.48 bits per heavy atom. The highest BCUT2D eigenvalue weighted by Gasteiger charge is 2.12. The Balaban J connectivity index is 2.02. The number of rotatable bonds is 11. The molecule has 0 radical (unpaired) electrons. The highest BCUT2D eigenvalue weighted by molar-refractivity contribution is 5.89. The molecule has 6 heteroatoms. The number of esters is 1. The summed E-state index contributed by atoms with van der Waals surface area (Å²) >= 11 is 0. The molecule has 0 saturated heterocycles. The number of aryl methyl sites for hydroxylation is 1. The van der Waals surface area contributed by atoms with Crippen molar-refractivity contribution >= 4 is 11.9 Å². The van der Waals surface area contributed by atoms with E-state index in [2.05, 4.69) is 9.64 Å². The summed E-state index contributed by atoms with van der Waals surface area (Å²) in [6, 6.07) is 12.7. The third-order valence-electron chi connectivity index (χ3n) is 4.95. The molecule has 0 spiro atoms. The lowest BCUT2D eigenvalue weighted by Crippen LogP contribution is -2.27. The fraction of sp³-hybridized carbons (Fsp3) is 0.391. The summed E-state index contributed by atoms with van der Waals surface area (Å²) in [5.74, 6) is -0.835. The maximum absolute atomic E-state index is 11.3. The van der Waals surface area contributed by atoms with Gasteiger partial charge in [0.25, 0.3) is 0 Å². The molecule has 6 nitrogen and oxygen atoms in total. The predicted octanol–water partition coefficient (Wildman–Crippen LogP) is 3.79. The summed E-state index contributed by atoms with van der Waals surface area (Å²) in [4.78, 5) is 24.8. The van der Waals surface area contributed by atoms with E-state index in [-0.39, 0.29) is 5.97 Å². The summed E-state index contributed by atoms with van der Waals surface area (Å²) in [7, 11) is 1.39. The minimum absolute atomic E-state index is 0.203. The van der Waals surface area contributed by atoms with E-state index < -0.39 is 5.97 Å². The van der Waals surface area contributed by atoms with Crippen molar-refractivity contribution in [3.05, 3.63) is 64.7 Å². The van der Waals surface area contributed by atoms with Gasteiger partial charge in [-0.15, -0.1) is 0 Å². The number of carboxylic acids is 1. The van der Waals surface area contributed by atoms with Gasteiger partial charge in [-0.05, 0) is 61.6 Å². The highest BCUT2D eigenvalue weighted by Crippen LogP contribution is 2.18. The maximum Gasteiger partial charge on any atom is 0.335 e. The lowest BCUT2D eigenvalue weighted by Gasteiger charge is -2.23. The second-order valence-electron chi connectivity index (χ2n) is 7.14. The van der Waals surface area contributed by atoms with Gasteiger partial charge in [0.05, 0.1) is 12.7 Å². The van der Waals surface area contributed by atoms with Crippen LogP contribution in [0.5, 0.6) is 5.75 Å². The van der Waals surface area contributed by atoms with Crippen LogP contribution >= 0.6 is 0 Å². The lowest BCUT2D eigenvalue weighted by atomic mass is 10.0. The number of benzene rings is 2. The first-order valence-corrected chi connectivity index (χ1v) is 9.79. The minimum Gasteiger partial charge on any atom is -0.508 e. The molecule has 0 aromatic heterocycles. The van der Waals surface area contributed by atoms with Crippen molar-refractivity contribution in [2.24, 2.45) is 0 Å². The Morgan fingerprint density at radius 2 is 1.83 bits per heavy atom. The normalized spacial score (nSPS) is 10.9. The van der Waals surface area contributed by atoms with Gasteiger partial charge < -0.3 is 14.9 Å². The number of hydrogen-bond donors (Lipinski definition) is 2. The van der Waals surface area contributed by atoms with Gasteiger partial charge in [-0.1, -0.05) is 30.3 Å². The summed E-state index contributed by atoms with van der Waals surface area (Å²) < 4.78 is 4.69. The van der Waals surface area contributed by atoms with Crippen LogP contribution in [0.25, 0.3) is 0 Å². The fourth-order valence-corrected chi connectivity index (χ4v) is 3.30. The molecule has 0 atom stereocenters. The first-order chi connectivity index (χ1) is 13.9. The minimum atomic E-state index is -0.923. The number of nitrogens with zero attached hydrogens (tertiary/aromatic N) is 1. The van der Waals surface area contributed by atoms with E-state index in [9.17, 15) is 19.8 Å². The van der Waals surface area contributed by atoms with Crippen molar-refractivity contribution in [2.45, 2.75) is 39.2 Å². The monoisotopic (exact) mass is 399 g/mol. The fourth-order valence-electron chi connectivity index (χ4n) is 3.30. The van der Waals surface area contributed by atoms with Crippen molar-refractivity contribution in [1.29, 1.82) is 0 Å². The van der Waals surface area contributed by atoms with Gasteiger partial charge in [-0.2, -0.15) is 0 Å². The van der Waals surface area contributed by atoms with E-state index in [1.54, 1.807) is 25.1 Å². The van der Waals surface area contributed by atoms with Gasteiger partial charge in [0.15, 0.2) is 0 Å². The zero-order valence-electron chi connectivity index (χ0n) is 17.1. The SMILES string of the molecule is COC(=O)CCCCN(CCc1ccccc1O)Cc1ccc(C(=O)O)c(C)c1. The number of phenolic OH excluding ortho intramolecular Hbond substituents is 1. The molecule has 2 rings (SSSR count). The van der Waals surface area contributed by atoms with Crippen LogP contribution in [0, 0.1) is 6.92 Å². The van der Waals surface area contributed by atoms with Gasteiger partial charge in [0, 0.05) is 19.5 Å². The van der Waals surface area contributed by atoms with Crippen LogP contribution in [0.2, 0.25) is 0 Å². The molecule has 156 valence electrons. The second-order valence-corrected chi connectivity index (χ2v) is 7.14. The Hall–Kier alpha value is -2.86. The first kappa shape index (κ1) is 22.4. The predicted molar refractivity (Wildman–Crippen MR) is 111 cm³/mol. The number of para-hydroxylation sites is 1. The molecular formula is C23H29NO5. The highest BCUT2D eigenvalue weighted by atomic mass is 16.5. The number of aromatic hydroxyl groups is 1. The molecule has 0 aliphatic heterocycles. The first-order valence-electron chi connectivity index (χ1n) is 9.79. The third kappa shape index (κ3) is 7.23. The smallest absolute Gasteiger partial charge is 0.335 e. The molecule has 29 heavy (non-hydrogen) atoms. The van der Waals surface area contributed by atoms with Crippen LogP contribution in [0.15, 0.2) is 42.5 Å². The quantitative estimate of drug-likeness (QED) is 0.442. The van der Waals surface area contributed by atoms with Gasteiger partial charge >= 0.3 is 11.9 Å². The number of carboxylic acid groups (broad SMARTS) is 1. The molecule has 0 unspecified atom stereocenters. The lowest BCUT2D eigenvalue weighted by molar-refractivity contribution is -0.140. The molecule has 2 aromatic rings. The number of aromatic carboxylic acids is 1. The Kier molecular flexibility index (Phi) is 8.68. The summed E-state index contributed by atoms with van der Waals surface area (Å²) in [5.41, 5.74) is 2.98. The van der Waals surface area contributed by atoms with Crippen LogP contribution in [0.4, 0.5) is 0 Å². The molecule has 0 fully saturated rings. The van der Waals surface area contributed by atoms with Gasteiger partial charge in [-0.25, -0.2) is 4.79 Å². The van der Waals surface area contributed by atoms with E-state index in [0.717, 1.165) is 42.6 Å². The molecule has 0 aliphatic rings. The van der Waals surface area contributed by atoms with E-state index in [4.69, 9.17) is 0 Å². The molecule has 0 heterocycles. The van der Waals surface area contributed by atoms with Crippen molar-refractivity contribution < 1.29 is 24.5 Å². The van der Waals surface area contributed by atoms with Crippen LogP contribution in [-0.4, -0.2) is 47.3 Å². The molecule has 0 bridgehead atoms. The zero-order chi connectivity index (χ0) is 21.2. The van der Waals surface area contributed by atoms with Crippen LogP contribution < -0.4 is 0 Å². The topological polar surface area (TPSA) is 87.1 Å². The van der Waals surface area contributed by atoms with Crippen LogP contribution in [0.3, 0.4) is 0 Å².